The first-order chi connectivity index (χ1) is 23.7. The van der Waals surface area contributed by atoms with E-state index in [-0.39, 0.29) is 12.1 Å². The lowest BCUT2D eigenvalue weighted by molar-refractivity contribution is 0.835. The molecule has 0 amide bonds. The molecule has 5 aromatic carbocycles. The Morgan fingerprint density at radius 1 is 0.375 bits per heavy atom. The van der Waals surface area contributed by atoms with E-state index in [1.807, 2.05) is 0 Å². The van der Waals surface area contributed by atoms with Crippen LogP contribution in [0.1, 0.15) is 13.8 Å². The maximum atomic E-state index is 3.90. The van der Waals surface area contributed by atoms with Crippen LogP contribution in [-0.2, 0) is 0 Å². The monoisotopic (exact) mass is 658 g/mol. The average molecular weight is 659 g/mol. The van der Waals surface area contributed by atoms with Crippen LogP contribution in [0.2, 0.25) is 0 Å². The summed E-state index contributed by atoms with van der Waals surface area (Å²) in [6.07, 6.45) is 13.6. The zero-order chi connectivity index (χ0) is 32.7. The van der Waals surface area contributed by atoms with Crippen LogP contribution in [0.3, 0.4) is 0 Å². The lowest BCUT2D eigenvalue weighted by atomic mass is 9.98. The number of nitrogens with one attached hydrogen (secondary N) is 2. The average Bonchev–Trinajstić information content (AvgIpc) is 3.82. The van der Waals surface area contributed by atoms with Crippen molar-refractivity contribution in [2.75, 3.05) is 10.6 Å². The minimum absolute atomic E-state index is 0.115. The third kappa shape index (κ3) is 7.42. The second-order valence-corrected chi connectivity index (χ2v) is 16.4. The zero-order valence-electron chi connectivity index (χ0n) is 27.4. The molecular weight excluding hydrogens is 618 g/mol. The first-order valence-electron chi connectivity index (χ1n) is 16.6. The molecule has 2 nitrogen and oxygen atoms in total. The molecule has 0 saturated heterocycles. The molecule has 2 atom stereocenters. The highest BCUT2D eigenvalue weighted by molar-refractivity contribution is 7.76. The van der Waals surface area contributed by atoms with E-state index in [4.69, 9.17) is 0 Å². The highest BCUT2D eigenvalue weighted by atomic mass is 31.1. The molecule has 7 rings (SSSR count). The molecule has 0 heterocycles. The fraction of sp³-hybridized carbons (Fsp3) is 0.0909. The van der Waals surface area contributed by atoms with Gasteiger partial charge in [0.05, 0.1) is 11.4 Å². The summed E-state index contributed by atoms with van der Waals surface area (Å²) in [6.45, 7) is 4.57. The molecular formula is C44H40N2P2. The third-order valence-electron chi connectivity index (χ3n) is 8.79. The lowest BCUT2D eigenvalue weighted by Crippen LogP contribution is -2.31. The summed E-state index contributed by atoms with van der Waals surface area (Å²) in [5, 5.41) is 13.3. The maximum Gasteiger partial charge on any atom is 0.0578 e. The fourth-order valence-corrected chi connectivity index (χ4v) is 11.6. The van der Waals surface area contributed by atoms with E-state index >= 15 is 0 Å². The number of anilines is 2. The zero-order valence-corrected chi connectivity index (χ0v) is 29.2. The molecule has 0 unspecified atom stereocenters. The molecule has 0 spiro atoms. The third-order valence-corrected chi connectivity index (χ3v) is 13.8. The van der Waals surface area contributed by atoms with Crippen LogP contribution >= 0.6 is 15.8 Å². The summed E-state index contributed by atoms with van der Waals surface area (Å²) in [4.78, 5) is 0. The highest BCUT2D eigenvalue weighted by Crippen LogP contribution is 2.58. The van der Waals surface area contributed by atoms with Crippen LogP contribution in [0.5, 0.6) is 0 Å². The highest BCUT2D eigenvalue weighted by Gasteiger charge is 2.41. The Hall–Kier alpha value is -3.44. The van der Waals surface area contributed by atoms with Gasteiger partial charge < -0.3 is 10.6 Å². The molecule has 2 aliphatic rings. The maximum absolute atomic E-state index is 3.90. The SMILES string of the molecule is C[C@H](Nc1ccccc1N[C@@H](C)[C]1[CH][CH][CH][C]1P(c1ccccc1)c1ccccc1)[C]1[CH][CH][CH][C]1P(c1ccccc1)c1ccccc1. The van der Waals surface area contributed by atoms with Crippen LogP contribution in [0.25, 0.3) is 0 Å². The van der Waals surface area contributed by atoms with Gasteiger partial charge in [0, 0.05) is 35.2 Å². The molecule has 2 N–H and O–H groups in total. The van der Waals surface area contributed by atoms with E-state index in [1.165, 1.54) is 44.4 Å². The van der Waals surface area contributed by atoms with Crippen LogP contribution in [0.15, 0.2) is 146 Å². The topological polar surface area (TPSA) is 24.1 Å². The number of hydrogen-bond donors (Lipinski definition) is 2. The molecule has 0 aromatic heterocycles. The molecule has 236 valence electrons. The van der Waals surface area contributed by atoms with Gasteiger partial charge in [-0.05, 0) is 102 Å². The van der Waals surface area contributed by atoms with Crippen molar-refractivity contribution in [3.63, 3.8) is 0 Å². The summed E-state index contributed by atoms with van der Waals surface area (Å²) in [7, 11) is -1.37. The van der Waals surface area contributed by atoms with Crippen molar-refractivity contribution < 1.29 is 0 Å². The van der Waals surface area contributed by atoms with Crippen molar-refractivity contribution >= 4 is 48.4 Å². The van der Waals surface area contributed by atoms with Crippen molar-refractivity contribution in [2.45, 2.75) is 25.9 Å². The van der Waals surface area contributed by atoms with Gasteiger partial charge in [-0.15, -0.1) is 0 Å². The van der Waals surface area contributed by atoms with Crippen LogP contribution < -0.4 is 31.9 Å². The second kappa shape index (κ2) is 15.8. The van der Waals surface area contributed by atoms with Gasteiger partial charge in [0.15, 0.2) is 0 Å². The quantitative estimate of drug-likeness (QED) is 0.131. The minimum atomic E-state index is -0.686. The molecule has 0 aliphatic heterocycles. The molecule has 2 saturated carbocycles. The Morgan fingerprint density at radius 3 is 0.979 bits per heavy atom. The van der Waals surface area contributed by atoms with E-state index < -0.39 is 15.8 Å². The van der Waals surface area contributed by atoms with E-state index in [0.717, 1.165) is 11.4 Å². The van der Waals surface area contributed by atoms with Gasteiger partial charge in [-0.3, -0.25) is 0 Å². The van der Waals surface area contributed by atoms with Gasteiger partial charge in [0.2, 0.25) is 0 Å². The summed E-state index contributed by atoms with van der Waals surface area (Å²) in [5.41, 5.74) is 5.01. The Labute approximate surface area is 291 Å². The normalized spacial score (nSPS) is 17.6. The van der Waals surface area contributed by atoms with Crippen LogP contribution in [0, 0.1) is 61.7 Å². The molecule has 10 radical (unpaired) electrons. The van der Waals surface area contributed by atoms with Crippen LogP contribution in [0.4, 0.5) is 11.4 Å². The van der Waals surface area contributed by atoms with Crippen LogP contribution in [-0.4, -0.2) is 12.1 Å². The van der Waals surface area contributed by atoms with Crippen molar-refractivity contribution in [2.24, 2.45) is 0 Å². The first kappa shape index (κ1) is 33.1. The predicted molar refractivity (Wildman–Crippen MR) is 210 cm³/mol. The minimum Gasteiger partial charge on any atom is -0.380 e. The molecule has 2 aliphatic carbocycles. The largest absolute Gasteiger partial charge is 0.380 e. The number of para-hydroxylation sites is 2. The Morgan fingerprint density at radius 2 is 0.667 bits per heavy atom. The second-order valence-electron chi connectivity index (χ2n) is 12.0. The molecule has 4 heteroatoms. The van der Waals surface area contributed by atoms with Gasteiger partial charge in [-0.2, -0.15) is 0 Å². The molecule has 48 heavy (non-hydrogen) atoms. The van der Waals surface area contributed by atoms with Gasteiger partial charge in [-0.25, -0.2) is 0 Å². The summed E-state index contributed by atoms with van der Waals surface area (Å²) >= 11 is 0. The summed E-state index contributed by atoms with van der Waals surface area (Å²) < 4.78 is 0. The summed E-state index contributed by atoms with van der Waals surface area (Å²) in [6, 6.07) is 52.7. The number of benzene rings is 5. The van der Waals surface area contributed by atoms with Gasteiger partial charge in [0.25, 0.3) is 0 Å². The Bertz CT molecular complexity index is 1490. The number of rotatable bonds is 12. The standard InChI is InChI=1S/C44H40N2P2/c1-33(39-27-17-31-43(39)47(35-19-7-3-8-20-35)36-21-9-4-10-22-36)45-41-29-15-16-30-42(41)46-34(2)40-28-18-32-44(40)48(37-23-11-5-12-24-37)38-25-13-6-14-26-38/h3-34,45-46H,1-2H3/t33-,34-/m0/s1. The smallest absolute Gasteiger partial charge is 0.0578 e. The van der Waals surface area contributed by atoms with Gasteiger partial charge >= 0.3 is 0 Å². The van der Waals surface area contributed by atoms with Crippen molar-refractivity contribution in [3.8, 4) is 0 Å². The van der Waals surface area contributed by atoms with Crippen molar-refractivity contribution in [1.29, 1.82) is 0 Å². The first-order valence-corrected chi connectivity index (χ1v) is 19.3. The van der Waals surface area contributed by atoms with E-state index in [9.17, 15) is 0 Å². The number of hydrogen-bond acceptors (Lipinski definition) is 2. The van der Waals surface area contributed by atoms with E-state index in [1.54, 1.807) is 0 Å². The molecule has 5 aromatic rings. The van der Waals surface area contributed by atoms with Gasteiger partial charge in [-0.1, -0.05) is 133 Å². The Balaban J connectivity index is 1.10. The van der Waals surface area contributed by atoms with Crippen molar-refractivity contribution in [1.82, 2.24) is 0 Å². The lowest BCUT2D eigenvalue weighted by Gasteiger charge is -2.34. The van der Waals surface area contributed by atoms with Crippen molar-refractivity contribution in [3.05, 3.63) is 207 Å². The summed E-state index contributed by atoms with van der Waals surface area (Å²) in [5.74, 6) is 2.68. The molecule has 0 bridgehead atoms. The van der Waals surface area contributed by atoms with E-state index in [2.05, 4.69) is 209 Å². The van der Waals surface area contributed by atoms with Gasteiger partial charge in [0.1, 0.15) is 0 Å². The molecule has 2 fully saturated rings. The Kier molecular flexibility index (Phi) is 10.9. The fourth-order valence-electron chi connectivity index (χ4n) is 6.51. The van der Waals surface area contributed by atoms with E-state index in [0.29, 0.717) is 0 Å². The predicted octanol–water partition coefficient (Wildman–Crippen LogP) is 9.02.